The van der Waals surface area contributed by atoms with Gasteiger partial charge in [-0.2, -0.15) is 0 Å². The average molecular weight is 489 g/mol. The first-order valence-corrected chi connectivity index (χ1v) is 12.0. The highest BCUT2D eigenvalue weighted by molar-refractivity contribution is 6.16. The minimum absolute atomic E-state index is 0.0975. The Morgan fingerprint density at radius 2 is 1.30 bits per heavy atom. The summed E-state index contributed by atoms with van der Waals surface area (Å²) in [6.07, 6.45) is 3.34. The fraction of sp³-hybridized carbons (Fsp3) is 0.0909. The van der Waals surface area contributed by atoms with Crippen molar-refractivity contribution in [3.05, 3.63) is 138 Å². The van der Waals surface area contributed by atoms with Gasteiger partial charge in [0, 0.05) is 5.56 Å². The molecule has 4 heteroatoms. The largest absolute Gasteiger partial charge is 0.466 e. The lowest BCUT2D eigenvalue weighted by molar-refractivity contribution is -0.151. The molecule has 0 fully saturated rings. The van der Waals surface area contributed by atoms with Crippen LogP contribution in [0.25, 0.3) is 27.6 Å². The van der Waals surface area contributed by atoms with Crippen LogP contribution in [0.2, 0.25) is 0 Å². The normalized spacial score (nSPS) is 13.9. The zero-order valence-corrected chi connectivity index (χ0v) is 20.3. The van der Waals surface area contributed by atoms with Gasteiger partial charge >= 0.3 is 5.97 Å². The summed E-state index contributed by atoms with van der Waals surface area (Å²) in [7, 11) is 1.10. The Hall–Kier alpha value is -4.57. The number of methoxy groups -OCH3 is 1. The molecule has 0 spiro atoms. The molecule has 0 aliphatic carbocycles. The molecule has 0 unspecified atom stereocenters. The third kappa shape index (κ3) is 4.66. The van der Waals surface area contributed by atoms with E-state index in [2.05, 4.69) is 0 Å². The van der Waals surface area contributed by atoms with Gasteiger partial charge in [0.1, 0.15) is 0 Å². The van der Waals surface area contributed by atoms with Crippen LogP contribution in [-0.2, 0) is 9.53 Å². The second kappa shape index (κ2) is 10.2. The molecule has 0 saturated carbocycles. The standard InChI is InChI=1S/C33H25FO3/c1-37-32(36)33(34,31(35)26-11-3-2-4-12-26)30(29-19-18-25-10-6-8-14-28(25)22-29)20-16-23-15-17-24-9-5-7-13-27(24)21-23/h2-22,30H,1H3/t30-,33+/m1/s1. The zero-order chi connectivity index (χ0) is 25.8. The van der Waals surface area contributed by atoms with E-state index >= 15 is 4.39 Å². The fourth-order valence-corrected chi connectivity index (χ4v) is 4.70. The molecule has 37 heavy (non-hydrogen) atoms. The molecule has 0 aromatic heterocycles. The number of carbonyl (C=O) groups excluding carboxylic acids is 2. The van der Waals surface area contributed by atoms with E-state index in [0.717, 1.165) is 34.2 Å². The molecule has 0 saturated heterocycles. The second-order valence-electron chi connectivity index (χ2n) is 8.95. The summed E-state index contributed by atoms with van der Waals surface area (Å²) in [5.74, 6) is -3.41. The van der Waals surface area contributed by atoms with Crippen molar-refractivity contribution in [3.63, 3.8) is 0 Å². The lowest BCUT2D eigenvalue weighted by atomic mass is 9.77. The van der Waals surface area contributed by atoms with Crippen molar-refractivity contribution in [2.75, 3.05) is 7.11 Å². The lowest BCUT2D eigenvalue weighted by Crippen LogP contribution is -2.48. The molecule has 0 amide bonds. The summed E-state index contributed by atoms with van der Waals surface area (Å²) in [4.78, 5) is 26.7. The van der Waals surface area contributed by atoms with Crippen LogP contribution in [0.4, 0.5) is 4.39 Å². The quantitative estimate of drug-likeness (QED) is 0.135. The van der Waals surface area contributed by atoms with E-state index < -0.39 is 23.3 Å². The van der Waals surface area contributed by atoms with Crippen molar-refractivity contribution in [2.24, 2.45) is 0 Å². The number of ketones is 1. The highest BCUT2D eigenvalue weighted by Gasteiger charge is 2.54. The number of fused-ring (bicyclic) bond motifs is 2. The van der Waals surface area contributed by atoms with Gasteiger partial charge in [-0.15, -0.1) is 0 Å². The molecule has 5 aromatic carbocycles. The van der Waals surface area contributed by atoms with Gasteiger partial charge in [0.05, 0.1) is 13.0 Å². The van der Waals surface area contributed by atoms with Crippen molar-refractivity contribution in [1.29, 1.82) is 0 Å². The molecule has 0 radical (unpaired) electrons. The Kier molecular flexibility index (Phi) is 6.65. The van der Waals surface area contributed by atoms with Crippen molar-refractivity contribution in [3.8, 4) is 0 Å². The fourth-order valence-electron chi connectivity index (χ4n) is 4.70. The van der Waals surface area contributed by atoms with Gasteiger partial charge in [-0.1, -0.05) is 121 Å². The summed E-state index contributed by atoms with van der Waals surface area (Å²) in [5, 5.41) is 3.97. The third-order valence-corrected chi connectivity index (χ3v) is 6.66. The van der Waals surface area contributed by atoms with Crippen LogP contribution in [0.5, 0.6) is 0 Å². The van der Waals surface area contributed by atoms with Crippen molar-refractivity contribution in [2.45, 2.75) is 11.6 Å². The Morgan fingerprint density at radius 3 is 1.95 bits per heavy atom. The highest BCUT2D eigenvalue weighted by atomic mass is 19.1. The number of alkyl halides is 1. The number of esters is 1. The van der Waals surface area contributed by atoms with Crippen LogP contribution in [0.1, 0.15) is 27.4 Å². The Balaban J connectivity index is 1.67. The molecule has 2 atom stereocenters. The Labute approximate surface area is 214 Å². The van der Waals surface area contributed by atoms with Crippen molar-refractivity contribution < 1.29 is 18.7 Å². The molecular formula is C33H25FO3. The monoisotopic (exact) mass is 488 g/mol. The molecular weight excluding hydrogens is 463 g/mol. The first-order chi connectivity index (χ1) is 18.0. The van der Waals surface area contributed by atoms with E-state index in [-0.39, 0.29) is 5.56 Å². The third-order valence-electron chi connectivity index (χ3n) is 6.66. The number of ether oxygens (including phenoxy) is 1. The van der Waals surface area contributed by atoms with E-state index in [1.165, 1.54) is 12.1 Å². The first kappa shape index (κ1) is 24.1. The molecule has 0 aliphatic heterocycles. The first-order valence-electron chi connectivity index (χ1n) is 12.0. The maximum absolute atomic E-state index is 17.1. The molecule has 182 valence electrons. The maximum Gasteiger partial charge on any atom is 0.352 e. The van der Waals surface area contributed by atoms with Crippen LogP contribution in [0, 0.1) is 0 Å². The number of benzene rings is 5. The summed E-state index contributed by atoms with van der Waals surface area (Å²) in [5.41, 5.74) is -1.57. The summed E-state index contributed by atoms with van der Waals surface area (Å²) < 4.78 is 22.0. The number of allylic oxidation sites excluding steroid dienone is 1. The molecule has 5 aromatic rings. The molecule has 0 N–H and O–H groups in total. The molecule has 5 rings (SSSR count). The van der Waals surface area contributed by atoms with Gasteiger partial charge in [0.2, 0.25) is 5.78 Å². The number of halogens is 1. The van der Waals surface area contributed by atoms with Gasteiger partial charge in [0.15, 0.2) is 0 Å². The van der Waals surface area contributed by atoms with E-state index in [9.17, 15) is 9.59 Å². The van der Waals surface area contributed by atoms with Crippen LogP contribution >= 0.6 is 0 Å². The summed E-state index contributed by atoms with van der Waals surface area (Å²) in [6, 6.07) is 35.0. The molecule has 0 aliphatic rings. The number of hydrogen-bond donors (Lipinski definition) is 0. The average Bonchev–Trinajstić information content (AvgIpc) is 2.96. The van der Waals surface area contributed by atoms with Crippen LogP contribution in [0.15, 0.2) is 121 Å². The predicted octanol–water partition coefficient (Wildman–Crippen LogP) is 7.55. The lowest BCUT2D eigenvalue weighted by Gasteiger charge is -2.29. The van der Waals surface area contributed by atoms with Crippen molar-refractivity contribution in [1.82, 2.24) is 0 Å². The SMILES string of the molecule is COC(=O)[C@@](F)(C(=O)c1ccccc1)[C@H](C=Cc1ccc2ccccc2c1)c1ccc2ccccc2c1. The smallest absolute Gasteiger partial charge is 0.352 e. The Morgan fingerprint density at radius 1 is 0.730 bits per heavy atom. The molecule has 3 nitrogen and oxygen atoms in total. The topological polar surface area (TPSA) is 43.4 Å². The maximum atomic E-state index is 17.1. The van der Waals surface area contributed by atoms with Gasteiger partial charge in [0.25, 0.3) is 5.67 Å². The second-order valence-corrected chi connectivity index (χ2v) is 8.95. The van der Waals surface area contributed by atoms with E-state index in [1.807, 2.05) is 78.9 Å². The predicted molar refractivity (Wildman–Crippen MR) is 146 cm³/mol. The number of carbonyl (C=O) groups is 2. The van der Waals surface area contributed by atoms with Gasteiger partial charge in [-0.05, 0) is 38.7 Å². The molecule has 0 bridgehead atoms. The van der Waals surface area contributed by atoms with Gasteiger partial charge < -0.3 is 4.74 Å². The van der Waals surface area contributed by atoms with Gasteiger partial charge in [-0.3, -0.25) is 4.79 Å². The van der Waals surface area contributed by atoms with Crippen molar-refractivity contribution >= 4 is 39.4 Å². The highest BCUT2D eigenvalue weighted by Crippen LogP contribution is 2.39. The summed E-state index contributed by atoms with van der Waals surface area (Å²) in [6.45, 7) is 0. The van der Waals surface area contributed by atoms with Crippen LogP contribution in [-0.4, -0.2) is 24.5 Å². The summed E-state index contributed by atoms with van der Waals surface area (Å²) >= 11 is 0. The minimum atomic E-state index is -2.98. The zero-order valence-electron chi connectivity index (χ0n) is 20.3. The van der Waals surface area contributed by atoms with E-state index in [0.29, 0.717) is 5.56 Å². The van der Waals surface area contributed by atoms with E-state index in [4.69, 9.17) is 4.74 Å². The molecule has 0 heterocycles. The minimum Gasteiger partial charge on any atom is -0.466 e. The van der Waals surface area contributed by atoms with E-state index in [1.54, 1.807) is 36.4 Å². The number of rotatable bonds is 7. The number of hydrogen-bond acceptors (Lipinski definition) is 3. The Bertz CT molecular complexity index is 1620. The van der Waals surface area contributed by atoms with Gasteiger partial charge in [-0.25, -0.2) is 9.18 Å². The number of Topliss-reactive ketones (excluding diaryl/α,β-unsaturated/α-hetero) is 1. The van der Waals surface area contributed by atoms with Crippen LogP contribution in [0.3, 0.4) is 0 Å². The van der Waals surface area contributed by atoms with Crippen LogP contribution < -0.4 is 0 Å².